The van der Waals surface area contributed by atoms with Crippen LogP contribution in [-0.2, 0) is 4.79 Å². The molecule has 3 amide bonds. The lowest BCUT2D eigenvalue weighted by Gasteiger charge is -2.39. The van der Waals surface area contributed by atoms with Gasteiger partial charge in [0.05, 0.1) is 5.69 Å². The molecule has 0 unspecified atom stereocenters. The normalized spacial score (nSPS) is 20.9. The van der Waals surface area contributed by atoms with Gasteiger partial charge in [0.25, 0.3) is 0 Å². The van der Waals surface area contributed by atoms with Gasteiger partial charge < -0.3 is 15.3 Å². The van der Waals surface area contributed by atoms with Crippen LogP contribution >= 0.6 is 0 Å². The Morgan fingerprint density at radius 3 is 2.31 bits per heavy atom. The number of hydrogen-bond donors (Lipinski definition) is 2. The minimum atomic E-state index is -1.11. The summed E-state index contributed by atoms with van der Waals surface area (Å²) >= 11 is 0. The second kappa shape index (κ2) is 10.9. The van der Waals surface area contributed by atoms with E-state index in [0.717, 1.165) is 31.4 Å². The molecule has 1 saturated heterocycles. The maximum atomic E-state index is 13.9. The number of aromatic nitrogens is 2. The zero-order valence-corrected chi connectivity index (χ0v) is 20.5. The van der Waals surface area contributed by atoms with Crippen LogP contribution < -0.4 is 10.2 Å². The van der Waals surface area contributed by atoms with E-state index >= 15 is 0 Å². The standard InChI is InChI=1S/C26H35N5O4/c1-3-27-26(35)29-15-13-21(14-16-29)31(24(32)19-11-9-18(2)10-12-19)23-22(25(33)34)17-30(28-23)20-7-5-4-6-8-20/h4-8,17-19,21H,3,9-16H2,1-2H3,(H,27,35)(H,33,34)/t18-,19-. The molecule has 1 aromatic heterocycles. The van der Waals surface area contributed by atoms with Gasteiger partial charge >= 0.3 is 12.0 Å². The van der Waals surface area contributed by atoms with E-state index in [-0.39, 0.29) is 35.3 Å². The monoisotopic (exact) mass is 481 g/mol. The topological polar surface area (TPSA) is 108 Å². The summed E-state index contributed by atoms with van der Waals surface area (Å²) in [5.74, 6) is -0.511. The van der Waals surface area contributed by atoms with Gasteiger partial charge in [-0.05, 0) is 63.5 Å². The second-order valence-electron chi connectivity index (χ2n) is 9.67. The second-order valence-corrected chi connectivity index (χ2v) is 9.67. The highest BCUT2D eigenvalue weighted by molar-refractivity contribution is 6.02. The minimum Gasteiger partial charge on any atom is -0.477 e. The number of anilines is 1. The number of carboxylic acid groups (broad SMARTS) is 1. The van der Waals surface area contributed by atoms with Crippen molar-refractivity contribution in [2.24, 2.45) is 11.8 Å². The van der Waals surface area contributed by atoms with Crippen LogP contribution in [-0.4, -0.2) is 63.4 Å². The van der Waals surface area contributed by atoms with Crippen molar-refractivity contribution >= 4 is 23.7 Å². The van der Waals surface area contributed by atoms with Crippen LogP contribution in [0.2, 0.25) is 0 Å². The molecule has 188 valence electrons. The summed E-state index contributed by atoms with van der Waals surface area (Å²) in [7, 11) is 0. The van der Waals surface area contributed by atoms with E-state index in [2.05, 4.69) is 17.3 Å². The van der Waals surface area contributed by atoms with Crippen LogP contribution in [0.15, 0.2) is 36.5 Å². The van der Waals surface area contributed by atoms with Gasteiger partial charge in [-0.1, -0.05) is 25.1 Å². The number of rotatable bonds is 6. The van der Waals surface area contributed by atoms with Crippen molar-refractivity contribution in [3.05, 3.63) is 42.1 Å². The first-order valence-corrected chi connectivity index (χ1v) is 12.6. The maximum absolute atomic E-state index is 13.9. The third kappa shape index (κ3) is 5.49. The number of benzene rings is 1. The summed E-state index contributed by atoms with van der Waals surface area (Å²) < 4.78 is 1.53. The molecule has 2 aliphatic rings. The van der Waals surface area contributed by atoms with Crippen LogP contribution in [0.25, 0.3) is 5.69 Å². The first-order chi connectivity index (χ1) is 16.9. The largest absolute Gasteiger partial charge is 0.477 e. The van der Waals surface area contributed by atoms with Crippen molar-refractivity contribution in [1.29, 1.82) is 0 Å². The summed E-state index contributed by atoms with van der Waals surface area (Å²) in [5, 5.41) is 17.5. The highest BCUT2D eigenvalue weighted by Crippen LogP contribution is 2.34. The van der Waals surface area contributed by atoms with Gasteiger partial charge in [-0.3, -0.25) is 9.69 Å². The molecule has 4 rings (SSSR count). The highest BCUT2D eigenvalue weighted by Gasteiger charge is 2.38. The molecular formula is C26H35N5O4. The van der Waals surface area contributed by atoms with Gasteiger partial charge in [0.2, 0.25) is 5.91 Å². The van der Waals surface area contributed by atoms with E-state index in [1.807, 2.05) is 37.3 Å². The Balaban J connectivity index is 1.67. The first-order valence-electron chi connectivity index (χ1n) is 12.6. The number of piperidine rings is 1. The quantitative estimate of drug-likeness (QED) is 0.650. The highest BCUT2D eigenvalue weighted by atomic mass is 16.4. The Morgan fingerprint density at radius 1 is 1.06 bits per heavy atom. The van der Waals surface area contributed by atoms with E-state index in [0.29, 0.717) is 38.4 Å². The van der Waals surface area contributed by atoms with Gasteiger partial charge in [-0.2, -0.15) is 0 Å². The van der Waals surface area contributed by atoms with Gasteiger partial charge in [-0.25, -0.2) is 14.3 Å². The number of likely N-dealkylation sites (tertiary alicyclic amines) is 1. The molecule has 1 saturated carbocycles. The van der Waals surface area contributed by atoms with Crippen LogP contribution in [0.5, 0.6) is 0 Å². The molecular weight excluding hydrogens is 446 g/mol. The Morgan fingerprint density at radius 2 is 1.71 bits per heavy atom. The maximum Gasteiger partial charge on any atom is 0.341 e. The van der Waals surface area contributed by atoms with Gasteiger partial charge in [-0.15, -0.1) is 5.10 Å². The number of aromatic carboxylic acids is 1. The molecule has 2 N–H and O–H groups in total. The van der Waals surface area contributed by atoms with E-state index in [1.165, 1.54) is 10.9 Å². The molecule has 2 aromatic rings. The smallest absolute Gasteiger partial charge is 0.341 e. The first kappa shape index (κ1) is 24.8. The number of carbonyl (C=O) groups is 3. The van der Waals surface area contributed by atoms with E-state index < -0.39 is 5.97 Å². The molecule has 0 spiro atoms. The fraction of sp³-hybridized carbons (Fsp3) is 0.538. The molecule has 0 atom stereocenters. The van der Waals surface area contributed by atoms with Crippen molar-refractivity contribution in [2.45, 2.75) is 58.4 Å². The predicted octanol–water partition coefficient (Wildman–Crippen LogP) is 3.92. The van der Waals surface area contributed by atoms with Crippen LogP contribution in [0.4, 0.5) is 10.6 Å². The third-order valence-corrected chi connectivity index (χ3v) is 7.22. The molecule has 2 fully saturated rings. The number of urea groups is 1. The fourth-order valence-corrected chi connectivity index (χ4v) is 5.16. The van der Waals surface area contributed by atoms with Crippen LogP contribution in [0, 0.1) is 11.8 Å². The number of nitrogens with one attached hydrogen (secondary N) is 1. The summed E-state index contributed by atoms with van der Waals surface area (Å²) in [5.41, 5.74) is 0.740. The lowest BCUT2D eigenvalue weighted by molar-refractivity contribution is -0.124. The van der Waals surface area contributed by atoms with E-state index in [9.17, 15) is 19.5 Å². The van der Waals surface area contributed by atoms with Crippen molar-refractivity contribution in [3.8, 4) is 5.69 Å². The SMILES string of the molecule is CCNC(=O)N1CCC(N(c2nn(-c3ccccc3)cc2C(=O)O)C(=O)[C@H]2CC[C@H](C)CC2)CC1. The molecule has 9 heteroatoms. The van der Waals surface area contributed by atoms with Crippen molar-refractivity contribution in [2.75, 3.05) is 24.5 Å². The number of nitrogens with zero attached hydrogens (tertiary/aromatic N) is 4. The lowest BCUT2D eigenvalue weighted by atomic mass is 9.82. The number of hydrogen-bond acceptors (Lipinski definition) is 4. The average Bonchev–Trinajstić information content (AvgIpc) is 3.31. The van der Waals surface area contributed by atoms with Crippen molar-refractivity contribution < 1.29 is 19.5 Å². The number of carboxylic acids is 1. The molecule has 1 aliphatic heterocycles. The summed E-state index contributed by atoms with van der Waals surface area (Å²) in [6.07, 6.45) is 6.22. The molecule has 1 aliphatic carbocycles. The summed E-state index contributed by atoms with van der Waals surface area (Å²) in [6, 6.07) is 8.98. The summed E-state index contributed by atoms with van der Waals surface area (Å²) in [4.78, 5) is 41.9. The van der Waals surface area contributed by atoms with Gasteiger partial charge in [0.15, 0.2) is 5.82 Å². The van der Waals surface area contributed by atoms with Gasteiger partial charge in [0.1, 0.15) is 5.56 Å². The molecule has 0 bridgehead atoms. The Kier molecular flexibility index (Phi) is 7.73. The molecule has 1 aromatic carbocycles. The summed E-state index contributed by atoms with van der Waals surface area (Å²) in [6.45, 7) is 5.65. The predicted molar refractivity (Wildman–Crippen MR) is 133 cm³/mol. The van der Waals surface area contributed by atoms with Crippen molar-refractivity contribution in [3.63, 3.8) is 0 Å². The number of para-hydroxylation sites is 1. The minimum absolute atomic E-state index is 0.0116. The van der Waals surface area contributed by atoms with Crippen LogP contribution in [0.1, 0.15) is 62.7 Å². The number of amides is 3. The zero-order valence-electron chi connectivity index (χ0n) is 20.5. The average molecular weight is 482 g/mol. The molecule has 35 heavy (non-hydrogen) atoms. The molecule has 2 heterocycles. The van der Waals surface area contributed by atoms with E-state index in [1.54, 1.807) is 9.80 Å². The molecule has 0 radical (unpaired) electrons. The Hall–Kier alpha value is -3.36. The van der Waals surface area contributed by atoms with Crippen LogP contribution in [0.3, 0.4) is 0 Å². The van der Waals surface area contributed by atoms with Gasteiger partial charge in [0, 0.05) is 37.8 Å². The Labute approximate surface area is 206 Å². The van der Waals surface area contributed by atoms with Crippen molar-refractivity contribution in [1.82, 2.24) is 20.0 Å². The Bertz CT molecular complexity index is 1040. The van der Waals surface area contributed by atoms with E-state index in [4.69, 9.17) is 0 Å². The number of carbonyl (C=O) groups excluding carboxylic acids is 2. The molecule has 9 nitrogen and oxygen atoms in total. The zero-order chi connectivity index (χ0) is 24.9. The third-order valence-electron chi connectivity index (χ3n) is 7.22. The lowest BCUT2D eigenvalue weighted by Crippen LogP contribution is -2.52. The fourth-order valence-electron chi connectivity index (χ4n) is 5.16.